The summed E-state index contributed by atoms with van der Waals surface area (Å²) in [4.78, 5) is 3.27. The summed E-state index contributed by atoms with van der Waals surface area (Å²) in [6.07, 6.45) is -0.448. The number of rotatable bonds is 2. The minimum atomic E-state index is -0.889. The van der Waals surface area contributed by atoms with Gasteiger partial charge in [0.15, 0.2) is 0 Å². The normalized spacial score (nSPS) is 16.1. The number of aliphatic imine (C=N–C) groups is 1. The van der Waals surface area contributed by atoms with Gasteiger partial charge in [-0.25, -0.2) is 0 Å². The molecule has 3 nitrogen and oxygen atoms in total. The van der Waals surface area contributed by atoms with Gasteiger partial charge in [0.05, 0.1) is 6.10 Å². The Morgan fingerprint density at radius 1 is 1.88 bits per heavy atom. The van der Waals surface area contributed by atoms with Crippen LogP contribution >= 0.6 is 0 Å². The van der Waals surface area contributed by atoms with E-state index in [0.29, 0.717) is 6.42 Å². The minimum Gasteiger partial charge on any atom is -0.860 e. The average Bonchev–Trinajstić information content (AvgIpc) is 1.84. The molecule has 0 unspecified atom stereocenters. The first-order valence-electron chi connectivity index (χ1n) is 2.54. The Kier molecular flexibility index (Phi) is 3.19. The van der Waals surface area contributed by atoms with E-state index in [4.69, 9.17) is 5.11 Å². The Bertz CT molecular complexity index is 90.4. The first kappa shape index (κ1) is 7.43. The van der Waals surface area contributed by atoms with Gasteiger partial charge in [-0.3, -0.25) is 0 Å². The zero-order valence-electron chi connectivity index (χ0n) is 5.09. The predicted molar refractivity (Wildman–Crippen MR) is 29.7 cm³/mol. The molecule has 1 atom stereocenters. The van der Waals surface area contributed by atoms with Crippen molar-refractivity contribution in [1.29, 1.82) is 0 Å². The van der Waals surface area contributed by atoms with E-state index in [-0.39, 0.29) is 0 Å². The standard InChI is InChI=1S/C5H11NO2/c1-3-4(7)5(8)6-2/h4,7H,3H2,1-2H3,(H,6,8)/p-1/t4-/m1/s1. The maximum atomic E-state index is 10.3. The van der Waals surface area contributed by atoms with Gasteiger partial charge in [-0.2, -0.15) is 0 Å². The molecule has 48 valence electrons. The summed E-state index contributed by atoms with van der Waals surface area (Å²) >= 11 is 0. The van der Waals surface area contributed by atoms with E-state index in [1.807, 2.05) is 0 Å². The van der Waals surface area contributed by atoms with Crippen LogP contribution < -0.4 is 5.11 Å². The molecule has 0 aromatic heterocycles. The number of aliphatic hydroxyl groups is 1. The molecule has 1 N–H and O–H groups in total. The second-order valence-corrected chi connectivity index (χ2v) is 1.49. The molecule has 0 fully saturated rings. The quantitative estimate of drug-likeness (QED) is 0.377. The van der Waals surface area contributed by atoms with Crippen LogP contribution in [0.3, 0.4) is 0 Å². The van der Waals surface area contributed by atoms with Gasteiger partial charge in [0, 0.05) is 7.05 Å². The van der Waals surface area contributed by atoms with Crippen LogP contribution in [0.25, 0.3) is 0 Å². The highest BCUT2D eigenvalue weighted by molar-refractivity contribution is 5.75. The van der Waals surface area contributed by atoms with Gasteiger partial charge < -0.3 is 15.2 Å². The fourth-order valence-electron chi connectivity index (χ4n) is 0.324. The van der Waals surface area contributed by atoms with Crippen LogP contribution in [0.1, 0.15) is 13.3 Å². The van der Waals surface area contributed by atoms with Gasteiger partial charge in [0.1, 0.15) is 0 Å². The van der Waals surface area contributed by atoms with Crippen molar-refractivity contribution in [1.82, 2.24) is 0 Å². The summed E-state index contributed by atoms with van der Waals surface area (Å²) in [6.45, 7) is 1.73. The number of hydrogen-bond donors (Lipinski definition) is 1. The first-order valence-corrected chi connectivity index (χ1v) is 2.54. The first-order chi connectivity index (χ1) is 3.72. The number of nitrogens with zero attached hydrogens (tertiary/aromatic N) is 1. The Morgan fingerprint density at radius 2 is 2.38 bits per heavy atom. The van der Waals surface area contributed by atoms with E-state index in [1.54, 1.807) is 6.92 Å². The molecule has 0 radical (unpaired) electrons. The van der Waals surface area contributed by atoms with E-state index in [2.05, 4.69) is 4.99 Å². The Balaban J connectivity index is 3.63. The SMILES string of the molecule is CC[C@@H](O)C([O-])=NC. The van der Waals surface area contributed by atoms with Gasteiger partial charge >= 0.3 is 0 Å². The van der Waals surface area contributed by atoms with Crippen LogP contribution in [0.4, 0.5) is 0 Å². The highest BCUT2D eigenvalue weighted by Gasteiger charge is 1.95. The van der Waals surface area contributed by atoms with Crippen LogP contribution in [0.5, 0.6) is 0 Å². The van der Waals surface area contributed by atoms with Gasteiger partial charge in [-0.05, 0) is 12.3 Å². The van der Waals surface area contributed by atoms with Gasteiger partial charge in [0.2, 0.25) is 0 Å². The molecule has 0 bridgehead atoms. The van der Waals surface area contributed by atoms with Crippen molar-refractivity contribution in [2.75, 3.05) is 7.05 Å². The largest absolute Gasteiger partial charge is 0.860 e. The Morgan fingerprint density at radius 3 is 2.50 bits per heavy atom. The lowest BCUT2D eigenvalue weighted by molar-refractivity contribution is -0.228. The van der Waals surface area contributed by atoms with Gasteiger partial charge in [-0.1, -0.05) is 6.92 Å². The van der Waals surface area contributed by atoms with Crippen molar-refractivity contribution in [3.63, 3.8) is 0 Å². The zero-order chi connectivity index (χ0) is 6.57. The fourth-order valence-corrected chi connectivity index (χ4v) is 0.324. The molecule has 0 rings (SSSR count). The summed E-state index contributed by atoms with van der Waals surface area (Å²) in [5.41, 5.74) is 0. The molecule has 3 heteroatoms. The lowest BCUT2D eigenvalue weighted by Gasteiger charge is -2.13. The number of hydrogen-bond acceptors (Lipinski definition) is 3. The lowest BCUT2D eigenvalue weighted by Crippen LogP contribution is -2.31. The van der Waals surface area contributed by atoms with E-state index >= 15 is 0 Å². The highest BCUT2D eigenvalue weighted by Crippen LogP contribution is 1.86. The predicted octanol–water partition coefficient (Wildman–Crippen LogP) is -0.854. The van der Waals surface area contributed by atoms with E-state index < -0.39 is 12.0 Å². The topological polar surface area (TPSA) is 55.6 Å². The van der Waals surface area contributed by atoms with Crippen LogP contribution in [0.2, 0.25) is 0 Å². The monoisotopic (exact) mass is 116 g/mol. The van der Waals surface area contributed by atoms with Crippen LogP contribution in [0, 0.1) is 0 Å². The Labute approximate surface area is 48.7 Å². The molecule has 0 saturated carbocycles. The van der Waals surface area contributed by atoms with E-state index in [9.17, 15) is 5.11 Å². The smallest absolute Gasteiger partial charge is 0.0814 e. The summed E-state index contributed by atoms with van der Waals surface area (Å²) in [6, 6.07) is 0. The molecule has 8 heavy (non-hydrogen) atoms. The minimum absolute atomic E-state index is 0.438. The third-order valence-corrected chi connectivity index (χ3v) is 0.892. The summed E-state index contributed by atoms with van der Waals surface area (Å²) in [5, 5.41) is 19.0. The van der Waals surface area contributed by atoms with Crippen LogP contribution in [-0.4, -0.2) is 24.2 Å². The van der Waals surface area contributed by atoms with Crippen molar-refractivity contribution in [3.05, 3.63) is 0 Å². The maximum Gasteiger partial charge on any atom is 0.0814 e. The fraction of sp³-hybridized carbons (Fsp3) is 0.800. The van der Waals surface area contributed by atoms with Gasteiger partial charge in [0.25, 0.3) is 0 Å². The van der Waals surface area contributed by atoms with Crippen molar-refractivity contribution < 1.29 is 10.2 Å². The molecular formula is C5H10NO2-. The van der Waals surface area contributed by atoms with Crippen LogP contribution in [-0.2, 0) is 0 Å². The Hall–Kier alpha value is -0.570. The van der Waals surface area contributed by atoms with Crippen molar-refractivity contribution >= 4 is 5.90 Å². The summed E-state index contributed by atoms with van der Waals surface area (Å²) < 4.78 is 0. The van der Waals surface area contributed by atoms with Crippen LogP contribution in [0.15, 0.2) is 4.99 Å². The maximum absolute atomic E-state index is 10.3. The molecule has 0 aliphatic rings. The molecule has 0 saturated heterocycles. The summed E-state index contributed by atoms with van der Waals surface area (Å²) in [7, 11) is 1.38. The highest BCUT2D eigenvalue weighted by atomic mass is 16.3. The molecule has 0 aromatic carbocycles. The molecule has 0 spiro atoms. The van der Waals surface area contributed by atoms with Crippen molar-refractivity contribution in [2.24, 2.45) is 4.99 Å². The van der Waals surface area contributed by atoms with E-state index in [1.165, 1.54) is 7.05 Å². The molecule has 0 amide bonds. The van der Waals surface area contributed by atoms with Gasteiger partial charge in [-0.15, -0.1) is 0 Å². The molecular weight excluding hydrogens is 106 g/mol. The molecule has 0 aliphatic heterocycles. The third-order valence-electron chi connectivity index (χ3n) is 0.892. The zero-order valence-corrected chi connectivity index (χ0v) is 5.09. The average molecular weight is 116 g/mol. The molecule has 0 heterocycles. The second kappa shape index (κ2) is 3.43. The molecule has 0 aliphatic carbocycles. The number of aliphatic hydroxyl groups excluding tert-OH is 1. The molecule has 0 aromatic rings. The second-order valence-electron chi connectivity index (χ2n) is 1.49. The summed E-state index contributed by atoms with van der Waals surface area (Å²) in [5.74, 6) is -0.438. The third kappa shape index (κ3) is 1.93. The lowest BCUT2D eigenvalue weighted by atomic mass is 10.3. The van der Waals surface area contributed by atoms with Crippen molar-refractivity contribution in [3.8, 4) is 0 Å². The van der Waals surface area contributed by atoms with Crippen molar-refractivity contribution in [2.45, 2.75) is 19.4 Å². The van der Waals surface area contributed by atoms with E-state index in [0.717, 1.165) is 0 Å².